The molecule has 4 aromatic carbocycles. The summed E-state index contributed by atoms with van der Waals surface area (Å²) in [5.41, 5.74) is 14.2. The number of nitrogens with one attached hydrogen (secondary N) is 7. The highest BCUT2D eigenvalue weighted by Crippen LogP contribution is 2.20. The van der Waals surface area contributed by atoms with Crippen molar-refractivity contribution in [3.63, 3.8) is 0 Å². The molecule has 0 saturated carbocycles. The van der Waals surface area contributed by atoms with Crippen LogP contribution in [0.25, 0.3) is 0 Å². The van der Waals surface area contributed by atoms with Crippen molar-refractivity contribution in [3.8, 4) is 5.75 Å². The monoisotopic (exact) mass is 1060 g/mol. The second-order valence-corrected chi connectivity index (χ2v) is 18.6. The summed E-state index contributed by atoms with van der Waals surface area (Å²) in [6, 6.07) is 21.5. The molecular weight excluding hydrogens is 997 g/mol. The van der Waals surface area contributed by atoms with E-state index in [0.29, 0.717) is 23.1 Å². The number of primary amides is 1. The van der Waals surface area contributed by atoms with Crippen LogP contribution in [0.15, 0.2) is 115 Å². The third kappa shape index (κ3) is 18.9. The lowest BCUT2D eigenvalue weighted by molar-refractivity contribution is -0.143. The number of amides is 9. The van der Waals surface area contributed by atoms with Crippen molar-refractivity contribution in [2.24, 2.45) is 11.5 Å². The van der Waals surface area contributed by atoms with Crippen LogP contribution in [0.3, 0.4) is 0 Å². The number of rotatable bonds is 28. The Morgan fingerprint density at radius 3 is 1.57 bits per heavy atom. The number of hydrogen-bond acceptors (Lipinski definition) is 13. The standard InChI is InChI=1S/C54H66N10O13/c1-32(47(69)60-41(28-34-14-7-3-8-15-34)51(73)63-43(31-65)54(76)77)58-50(72)40(27-33-12-5-2-6-13-33)61-49(71)39(23-24-45(56)67)59-46(68)30-57-52(74)44-18-11-25-64(44)53(75)42(29-35-16-9-4-10-17-35)62-48(70)38(55)26-36-19-21-37(66)22-20-36/h2-10,12-17,19-22,32,38-44,65-66H,11,18,23-31,55H2,1H3,(H2,56,67)(H,57,74)(H,58,72)(H,59,68)(H,60,69)(H,61,71)(H,62,70)(H,63,73)(H,76,77)/t32-,38-,39-,40-,41-,42-,43-,44-/m0/s1. The first-order chi connectivity index (χ1) is 36.8. The zero-order valence-electron chi connectivity index (χ0n) is 42.4. The number of likely N-dealkylation sites (tertiary alicyclic amines) is 1. The van der Waals surface area contributed by atoms with Gasteiger partial charge in [0.2, 0.25) is 53.2 Å². The Hall–Kier alpha value is -8.70. The largest absolute Gasteiger partial charge is 0.508 e. The molecular formula is C54H66N10O13. The number of carbonyl (C=O) groups is 10. The number of aliphatic hydroxyl groups excluding tert-OH is 1. The predicted molar refractivity (Wildman–Crippen MR) is 278 cm³/mol. The van der Waals surface area contributed by atoms with Crippen molar-refractivity contribution >= 4 is 59.1 Å². The number of carboxylic acid groups (broad SMARTS) is 1. The van der Waals surface area contributed by atoms with Crippen molar-refractivity contribution in [1.29, 1.82) is 0 Å². The van der Waals surface area contributed by atoms with Gasteiger partial charge in [-0.1, -0.05) is 103 Å². The van der Waals surface area contributed by atoms with E-state index in [1.165, 1.54) is 24.0 Å². The minimum atomic E-state index is -1.67. The van der Waals surface area contributed by atoms with Gasteiger partial charge in [-0.05, 0) is 67.0 Å². The Morgan fingerprint density at radius 2 is 1.05 bits per heavy atom. The molecule has 4 aromatic rings. The second kappa shape index (κ2) is 29.4. The summed E-state index contributed by atoms with van der Waals surface area (Å²) >= 11 is 0. The van der Waals surface area contributed by atoms with Crippen LogP contribution in [0.5, 0.6) is 5.75 Å². The lowest BCUT2D eigenvalue weighted by atomic mass is 10.0. The first-order valence-electron chi connectivity index (χ1n) is 25.0. The van der Waals surface area contributed by atoms with Crippen LogP contribution in [0.2, 0.25) is 0 Å². The van der Waals surface area contributed by atoms with Gasteiger partial charge in [-0.15, -0.1) is 0 Å². The highest BCUT2D eigenvalue weighted by molar-refractivity contribution is 5.98. The van der Waals surface area contributed by atoms with Gasteiger partial charge in [-0.25, -0.2) is 4.79 Å². The Kier molecular flexibility index (Phi) is 22.6. The average molecular weight is 1060 g/mol. The average Bonchev–Trinajstić information content (AvgIpc) is 3.91. The first-order valence-corrected chi connectivity index (χ1v) is 25.0. The molecule has 1 fully saturated rings. The minimum absolute atomic E-state index is 0.0434. The number of carboxylic acids is 1. The van der Waals surface area contributed by atoms with Crippen LogP contribution in [-0.2, 0) is 73.6 Å². The molecule has 8 atom stereocenters. The van der Waals surface area contributed by atoms with E-state index in [0.717, 1.165) is 5.56 Å². The van der Waals surface area contributed by atoms with Crippen LogP contribution >= 0.6 is 0 Å². The molecule has 0 aromatic heterocycles. The predicted octanol–water partition coefficient (Wildman–Crippen LogP) is -1.63. The smallest absolute Gasteiger partial charge is 0.328 e. The van der Waals surface area contributed by atoms with Crippen molar-refractivity contribution < 1.29 is 63.3 Å². The fourth-order valence-corrected chi connectivity index (χ4v) is 8.42. The van der Waals surface area contributed by atoms with E-state index in [4.69, 9.17) is 11.5 Å². The quantitative estimate of drug-likeness (QED) is 0.0304. The van der Waals surface area contributed by atoms with Gasteiger partial charge in [0.15, 0.2) is 0 Å². The molecule has 77 heavy (non-hydrogen) atoms. The van der Waals surface area contributed by atoms with Crippen LogP contribution in [0.1, 0.15) is 54.9 Å². The molecule has 14 N–H and O–H groups in total. The van der Waals surface area contributed by atoms with Gasteiger partial charge >= 0.3 is 5.97 Å². The van der Waals surface area contributed by atoms with E-state index in [-0.39, 0.29) is 57.2 Å². The first kappa shape index (κ1) is 59.2. The molecule has 0 aliphatic carbocycles. The maximum Gasteiger partial charge on any atom is 0.328 e. The summed E-state index contributed by atoms with van der Waals surface area (Å²) in [6.45, 7) is -0.143. The van der Waals surface area contributed by atoms with E-state index in [1.54, 1.807) is 103 Å². The van der Waals surface area contributed by atoms with E-state index < -0.39 is 121 Å². The lowest BCUT2D eigenvalue weighted by Crippen LogP contribution is -2.59. The van der Waals surface area contributed by atoms with Gasteiger partial charge in [0.1, 0.15) is 48.0 Å². The SMILES string of the molecule is C[C@H](NC(=O)[C@H](Cc1ccccc1)NC(=O)[C@H](CCC(N)=O)NC(=O)CNC(=O)[C@@H]1CCCN1C(=O)[C@H](Cc1ccccc1)NC(=O)[C@@H](N)Cc1ccc(O)cc1)C(=O)N[C@@H](Cc1ccccc1)C(=O)N[C@@H](CO)C(=O)O. The number of phenolic OH excluding ortho intramolecular Hbond substituents is 1. The van der Waals surface area contributed by atoms with Gasteiger partial charge < -0.3 is 68.9 Å². The molecule has 1 saturated heterocycles. The Balaban J connectivity index is 1.24. The lowest BCUT2D eigenvalue weighted by Gasteiger charge is -2.29. The molecule has 1 aliphatic rings. The molecule has 1 aliphatic heterocycles. The maximum absolute atomic E-state index is 14.3. The molecule has 0 spiro atoms. The van der Waals surface area contributed by atoms with Crippen LogP contribution in [0.4, 0.5) is 0 Å². The van der Waals surface area contributed by atoms with Gasteiger partial charge in [-0.3, -0.25) is 43.2 Å². The van der Waals surface area contributed by atoms with Gasteiger partial charge in [-0.2, -0.15) is 0 Å². The number of nitrogens with two attached hydrogens (primary N) is 2. The highest BCUT2D eigenvalue weighted by atomic mass is 16.4. The number of aliphatic carboxylic acids is 1. The van der Waals surface area contributed by atoms with Gasteiger partial charge in [0.25, 0.3) is 0 Å². The second-order valence-electron chi connectivity index (χ2n) is 18.6. The summed E-state index contributed by atoms with van der Waals surface area (Å²) in [5.74, 6) is -8.63. The van der Waals surface area contributed by atoms with Crippen LogP contribution in [-0.4, -0.2) is 147 Å². The fourth-order valence-electron chi connectivity index (χ4n) is 8.42. The third-order valence-corrected chi connectivity index (χ3v) is 12.6. The summed E-state index contributed by atoms with van der Waals surface area (Å²) in [6.07, 6.45) is -0.117. The number of aliphatic hydroxyl groups is 1. The third-order valence-electron chi connectivity index (χ3n) is 12.6. The molecule has 0 bridgehead atoms. The summed E-state index contributed by atoms with van der Waals surface area (Å²) in [4.78, 5) is 135. The molecule has 5 rings (SSSR count). The summed E-state index contributed by atoms with van der Waals surface area (Å²) in [5, 5.41) is 46.1. The Labute approximate surface area is 444 Å². The molecule has 0 radical (unpaired) electrons. The normalized spacial score (nSPS) is 15.6. The van der Waals surface area contributed by atoms with Crippen LogP contribution < -0.4 is 48.7 Å². The number of hydrogen-bond donors (Lipinski definition) is 12. The van der Waals surface area contributed by atoms with E-state index >= 15 is 0 Å². The number of benzene rings is 4. The fraction of sp³-hybridized carbons (Fsp3) is 0.370. The molecule has 9 amide bonds. The van der Waals surface area contributed by atoms with E-state index in [9.17, 15) is 63.3 Å². The number of phenols is 1. The topological polar surface area (TPSA) is 371 Å². The van der Waals surface area contributed by atoms with Gasteiger partial charge in [0.05, 0.1) is 19.2 Å². The maximum atomic E-state index is 14.3. The molecule has 0 unspecified atom stereocenters. The molecule has 1 heterocycles. The van der Waals surface area contributed by atoms with Crippen molar-refractivity contribution in [1.82, 2.24) is 42.1 Å². The highest BCUT2D eigenvalue weighted by Gasteiger charge is 2.39. The Bertz CT molecular complexity index is 2680. The number of aromatic hydroxyl groups is 1. The number of carbonyl (C=O) groups excluding carboxylic acids is 9. The molecule has 23 heteroatoms. The minimum Gasteiger partial charge on any atom is -0.508 e. The Morgan fingerprint density at radius 1 is 0.584 bits per heavy atom. The summed E-state index contributed by atoms with van der Waals surface area (Å²) in [7, 11) is 0. The molecule has 23 nitrogen and oxygen atoms in total. The molecule has 410 valence electrons. The zero-order valence-corrected chi connectivity index (χ0v) is 42.4. The zero-order chi connectivity index (χ0) is 56.0. The summed E-state index contributed by atoms with van der Waals surface area (Å²) < 4.78 is 0. The van der Waals surface area contributed by atoms with Gasteiger partial charge in [0, 0.05) is 32.2 Å². The number of nitrogens with zero attached hydrogens (tertiary/aromatic N) is 1. The van der Waals surface area contributed by atoms with Crippen molar-refractivity contribution in [2.45, 2.75) is 107 Å². The van der Waals surface area contributed by atoms with Crippen molar-refractivity contribution in [3.05, 3.63) is 138 Å². The van der Waals surface area contributed by atoms with Crippen LogP contribution in [0, 0.1) is 0 Å². The van der Waals surface area contributed by atoms with E-state index in [2.05, 4.69) is 37.2 Å². The van der Waals surface area contributed by atoms with E-state index in [1.807, 2.05) is 0 Å². The van der Waals surface area contributed by atoms with Crippen molar-refractivity contribution in [2.75, 3.05) is 19.7 Å².